The van der Waals surface area contributed by atoms with Crippen LogP contribution < -0.4 is 11.5 Å². The van der Waals surface area contributed by atoms with Crippen LogP contribution in [0.5, 0.6) is 0 Å². The first-order valence-corrected chi connectivity index (χ1v) is 5.44. The van der Waals surface area contributed by atoms with E-state index in [9.17, 15) is 4.79 Å². The number of rotatable bonds is 3. The van der Waals surface area contributed by atoms with Crippen LogP contribution >= 0.6 is 0 Å². The minimum Gasteiger partial charge on any atom is -0.370 e. The number of aldehydes is 1. The fourth-order valence-corrected chi connectivity index (χ4v) is 1.67. The van der Waals surface area contributed by atoms with Gasteiger partial charge in [-0.2, -0.15) is 0 Å². The highest BCUT2D eigenvalue weighted by Gasteiger charge is 1.99. The predicted octanol–water partition coefficient (Wildman–Crippen LogP) is 2.07. The Hall–Kier alpha value is -2.62. The fraction of sp³-hybridized carbons (Fsp3) is 0. The smallest absolute Gasteiger partial charge is 0.191 e. The molecule has 0 amide bonds. The maximum atomic E-state index is 10.7. The van der Waals surface area contributed by atoms with Gasteiger partial charge in [0.15, 0.2) is 5.96 Å². The number of hydrogen-bond donors (Lipinski definition) is 2. The van der Waals surface area contributed by atoms with E-state index in [1.54, 1.807) is 6.07 Å². The third-order valence-corrected chi connectivity index (χ3v) is 2.48. The minimum atomic E-state index is 0.0331. The highest BCUT2D eigenvalue weighted by molar-refractivity contribution is 5.80. The molecule has 0 saturated heterocycles. The molecular weight excluding hydrogens is 226 g/mol. The van der Waals surface area contributed by atoms with Gasteiger partial charge < -0.3 is 11.5 Å². The molecule has 2 rings (SSSR count). The molecule has 0 bridgehead atoms. The van der Waals surface area contributed by atoms with Crippen LogP contribution in [-0.2, 0) is 0 Å². The lowest BCUT2D eigenvalue weighted by molar-refractivity contribution is 0.112. The number of carbonyl (C=O) groups excluding carboxylic acids is 1. The lowest BCUT2D eigenvalue weighted by atomic mass is 10.0. The zero-order valence-corrected chi connectivity index (χ0v) is 9.71. The summed E-state index contributed by atoms with van der Waals surface area (Å²) in [7, 11) is 0. The number of nitrogens with two attached hydrogens (primary N) is 2. The van der Waals surface area contributed by atoms with Gasteiger partial charge in [-0.05, 0) is 29.3 Å². The number of guanidine groups is 1. The highest BCUT2D eigenvalue weighted by atomic mass is 16.1. The van der Waals surface area contributed by atoms with E-state index in [4.69, 9.17) is 11.5 Å². The summed E-state index contributed by atoms with van der Waals surface area (Å²) in [5.41, 5.74) is 13.9. The van der Waals surface area contributed by atoms with E-state index < -0.39 is 0 Å². The molecule has 90 valence electrons. The molecule has 0 unspecified atom stereocenters. The second kappa shape index (κ2) is 5.14. The summed E-state index contributed by atoms with van der Waals surface area (Å²) >= 11 is 0. The molecule has 18 heavy (non-hydrogen) atoms. The van der Waals surface area contributed by atoms with E-state index in [0.29, 0.717) is 11.3 Å². The first kappa shape index (κ1) is 11.9. The summed E-state index contributed by atoms with van der Waals surface area (Å²) < 4.78 is 0. The van der Waals surface area contributed by atoms with Crippen LogP contribution in [0.15, 0.2) is 53.5 Å². The molecule has 0 atom stereocenters. The molecule has 0 saturated carbocycles. The topological polar surface area (TPSA) is 81.5 Å². The SMILES string of the molecule is NC(N)=Nc1ccc(-c2cccc(C=O)c2)cc1. The number of hydrogen-bond acceptors (Lipinski definition) is 2. The van der Waals surface area contributed by atoms with E-state index >= 15 is 0 Å². The summed E-state index contributed by atoms with van der Waals surface area (Å²) in [6.45, 7) is 0. The Balaban J connectivity index is 2.34. The average Bonchev–Trinajstić information content (AvgIpc) is 2.39. The van der Waals surface area contributed by atoms with Gasteiger partial charge in [-0.25, -0.2) is 4.99 Å². The molecule has 4 heteroatoms. The van der Waals surface area contributed by atoms with E-state index in [-0.39, 0.29) is 5.96 Å². The number of benzene rings is 2. The van der Waals surface area contributed by atoms with Crippen LogP contribution in [0.3, 0.4) is 0 Å². The third-order valence-electron chi connectivity index (χ3n) is 2.48. The molecule has 2 aromatic rings. The van der Waals surface area contributed by atoms with Crippen LogP contribution in [0.1, 0.15) is 10.4 Å². The molecule has 0 heterocycles. The summed E-state index contributed by atoms with van der Waals surface area (Å²) in [6, 6.07) is 14.9. The zero-order valence-electron chi connectivity index (χ0n) is 9.71. The Kier molecular flexibility index (Phi) is 3.38. The Labute approximate surface area is 105 Å². The molecule has 0 spiro atoms. The summed E-state index contributed by atoms with van der Waals surface area (Å²) in [6.07, 6.45) is 0.831. The largest absolute Gasteiger partial charge is 0.370 e. The molecule has 4 N–H and O–H groups in total. The highest BCUT2D eigenvalue weighted by Crippen LogP contribution is 2.23. The van der Waals surface area contributed by atoms with Crippen molar-refractivity contribution in [2.75, 3.05) is 0 Å². The fourth-order valence-electron chi connectivity index (χ4n) is 1.67. The Bertz CT molecular complexity index is 584. The second-order valence-corrected chi connectivity index (χ2v) is 3.83. The molecular formula is C14H13N3O. The molecule has 0 aliphatic heterocycles. The van der Waals surface area contributed by atoms with Crippen molar-refractivity contribution in [3.05, 3.63) is 54.1 Å². The van der Waals surface area contributed by atoms with E-state index in [2.05, 4.69) is 4.99 Å². The van der Waals surface area contributed by atoms with Crippen LogP contribution in [0.25, 0.3) is 11.1 Å². The van der Waals surface area contributed by atoms with Gasteiger partial charge in [-0.1, -0.05) is 30.3 Å². The predicted molar refractivity (Wildman–Crippen MR) is 72.7 cm³/mol. The molecule has 0 aliphatic carbocycles. The van der Waals surface area contributed by atoms with Gasteiger partial charge in [0, 0.05) is 5.56 Å². The van der Waals surface area contributed by atoms with Crippen LogP contribution in [0.4, 0.5) is 5.69 Å². The molecule has 0 fully saturated rings. The lowest BCUT2D eigenvalue weighted by Gasteiger charge is -2.03. The zero-order chi connectivity index (χ0) is 13.0. The van der Waals surface area contributed by atoms with Crippen molar-refractivity contribution < 1.29 is 4.79 Å². The monoisotopic (exact) mass is 239 g/mol. The van der Waals surface area contributed by atoms with Crippen molar-refractivity contribution in [3.63, 3.8) is 0 Å². The number of nitrogens with zero attached hydrogens (tertiary/aromatic N) is 1. The average molecular weight is 239 g/mol. The molecule has 0 aliphatic rings. The third kappa shape index (κ3) is 2.74. The minimum absolute atomic E-state index is 0.0331. The number of carbonyl (C=O) groups is 1. The van der Waals surface area contributed by atoms with Gasteiger partial charge in [0.25, 0.3) is 0 Å². The van der Waals surface area contributed by atoms with Crippen molar-refractivity contribution in [1.82, 2.24) is 0 Å². The Morgan fingerprint density at radius 2 is 1.72 bits per heavy atom. The normalized spacial score (nSPS) is 9.78. The molecule has 4 nitrogen and oxygen atoms in total. The van der Waals surface area contributed by atoms with Gasteiger partial charge in [0.1, 0.15) is 6.29 Å². The first-order valence-electron chi connectivity index (χ1n) is 5.44. The maximum absolute atomic E-state index is 10.7. The van der Waals surface area contributed by atoms with E-state index in [0.717, 1.165) is 17.4 Å². The summed E-state index contributed by atoms with van der Waals surface area (Å²) in [5.74, 6) is 0.0331. The van der Waals surface area contributed by atoms with Gasteiger partial charge in [0.2, 0.25) is 0 Å². The van der Waals surface area contributed by atoms with Gasteiger partial charge >= 0.3 is 0 Å². The van der Waals surface area contributed by atoms with Gasteiger partial charge in [-0.15, -0.1) is 0 Å². The summed E-state index contributed by atoms with van der Waals surface area (Å²) in [4.78, 5) is 14.7. The van der Waals surface area contributed by atoms with Crippen LogP contribution in [-0.4, -0.2) is 12.2 Å². The second-order valence-electron chi connectivity index (χ2n) is 3.83. The van der Waals surface area contributed by atoms with Gasteiger partial charge in [0.05, 0.1) is 5.69 Å². The van der Waals surface area contributed by atoms with Crippen molar-refractivity contribution in [1.29, 1.82) is 0 Å². The first-order chi connectivity index (χ1) is 8.69. The Morgan fingerprint density at radius 1 is 1.00 bits per heavy atom. The van der Waals surface area contributed by atoms with Crippen molar-refractivity contribution in [3.8, 4) is 11.1 Å². The Morgan fingerprint density at radius 3 is 2.33 bits per heavy atom. The van der Waals surface area contributed by atoms with Crippen molar-refractivity contribution in [2.24, 2.45) is 16.5 Å². The van der Waals surface area contributed by atoms with Crippen molar-refractivity contribution in [2.45, 2.75) is 0 Å². The number of aliphatic imine (C=N–C) groups is 1. The maximum Gasteiger partial charge on any atom is 0.191 e. The summed E-state index contributed by atoms with van der Waals surface area (Å²) in [5, 5.41) is 0. The quantitative estimate of drug-likeness (QED) is 0.488. The standard InChI is InChI=1S/C14H13N3O/c15-14(16)17-13-6-4-11(5-7-13)12-3-1-2-10(8-12)9-18/h1-9H,(H4,15,16,17). The molecule has 0 radical (unpaired) electrons. The van der Waals surface area contributed by atoms with Crippen LogP contribution in [0.2, 0.25) is 0 Å². The molecule has 0 aromatic heterocycles. The van der Waals surface area contributed by atoms with Crippen molar-refractivity contribution >= 4 is 17.9 Å². The van der Waals surface area contributed by atoms with Gasteiger partial charge in [-0.3, -0.25) is 4.79 Å². The lowest BCUT2D eigenvalue weighted by Crippen LogP contribution is -2.21. The van der Waals surface area contributed by atoms with Crippen LogP contribution in [0, 0.1) is 0 Å². The van der Waals surface area contributed by atoms with E-state index in [1.807, 2.05) is 42.5 Å². The molecule has 2 aromatic carbocycles. The van der Waals surface area contributed by atoms with E-state index in [1.165, 1.54) is 0 Å².